The van der Waals surface area contributed by atoms with Crippen LogP contribution in [0.4, 0.5) is 13.2 Å². The van der Waals surface area contributed by atoms with E-state index < -0.39 is 22.1 Å². The Morgan fingerprint density at radius 3 is 2.38 bits per heavy atom. The third-order valence-corrected chi connectivity index (χ3v) is 3.37. The van der Waals surface area contributed by atoms with E-state index in [4.69, 9.17) is 34.8 Å². The van der Waals surface area contributed by atoms with Crippen molar-refractivity contribution < 1.29 is 18.0 Å². The van der Waals surface area contributed by atoms with E-state index in [9.17, 15) is 18.0 Å². The van der Waals surface area contributed by atoms with E-state index in [2.05, 4.69) is 10.1 Å². The first-order valence-electron chi connectivity index (χ1n) is 5.29. The molecule has 0 bridgehead atoms. The van der Waals surface area contributed by atoms with E-state index in [1.807, 2.05) is 0 Å². The van der Waals surface area contributed by atoms with Crippen LogP contribution >= 0.6 is 34.8 Å². The molecule has 21 heavy (non-hydrogen) atoms. The van der Waals surface area contributed by atoms with Crippen LogP contribution in [-0.2, 0) is 13.2 Å². The lowest BCUT2D eigenvalue weighted by atomic mass is 10.2. The van der Waals surface area contributed by atoms with Crippen LogP contribution in [0.1, 0.15) is 16.2 Å². The van der Waals surface area contributed by atoms with Gasteiger partial charge in [-0.3, -0.25) is 9.48 Å². The Morgan fingerprint density at radius 2 is 1.90 bits per heavy atom. The number of halogens is 6. The maximum absolute atomic E-state index is 12.8. The predicted molar refractivity (Wildman–Crippen MR) is 71.6 cm³/mol. The van der Waals surface area contributed by atoms with E-state index >= 15 is 0 Å². The fourth-order valence-electron chi connectivity index (χ4n) is 1.68. The highest BCUT2D eigenvalue weighted by Crippen LogP contribution is 2.39. The van der Waals surface area contributed by atoms with Gasteiger partial charge in [-0.25, -0.2) is 4.98 Å². The maximum Gasteiger partial charge on any atom is 0.434 e. The highest BCUT2D eigenvalue weighted by molar-refractivity contribution is 6.68. The third kappa shape index (κ3) is 3.00. The molecule has 0 unspecified atom stereocenters. The number of carbonyl (C=O) groups is 1. The molecule has 0 saturated carbocycles. The second-order valence-corrected chi connectivity index (χ2v) is 5.06. The summed E-state index contributed by atoms with van der Waals surface area (Å²) in [6.07, 6.45) is -4.67. The molecular weight excluding hydrogens is 353 g/mol. The Balaban J connectivity index is 2.64. The van der Waals surface area contributed by atoms with Crippen molar-refractivity contribution in [1.29, 1.82) is 0 Å². The van der Waals surface area contributed by atoms with Crippen molar-refractivity contribution in [2.45, 2.75) is 6.18 Å². The van der Waals surface area contributed by atoms with Crippen molar-refractivity contribution in [3.63, 3.8) is 0 Å². The average molecular weight is 359 g/mol. The SMILES string of the molecule is Cn1nc(-c2ccc(Cl)c(C(=O)Cl)n2)c(Cl)c1C(F)(F)F. The van der Waals surface area contributed by atoms with Crippen LogP contribution in [0, 0.1) is 0 Å². The van der Waals surface area contributed by atoms with Crippen molar-refractivity contribution in [2.75, 3.05) is 0 Å². The minimum atomic E-state index is -4.67. The molecule has 2 rings (SSSR count). The summed E-state index contributed by atoms with van der Waals surface area (Å²) in [4.78, 5) is 14.9. The molecule has 2 heterocycles. The second-order valence-electron chi connectivity index (χ2n) is 3.93. The van der Waals surface area contributed by atoms with Crippen molar-refractivity contribution >= 4 is 40.0 Å². The van der Waals surface area contributed by atoms with Crippen LogP contribution in [0.25, 0.3) is 11.4 Å². The molecule has 0 aliphatic heterocycles. The van der Waals surface area contributed by atoms with Gasteiger partial charge in [0.05, 0.1) is 10.7 Å². The number of aryl methyl sites for hydroxylation is 1. The van der Waals surface area contributed by atoms with E-state index in [-0.39, 0.29) is 22.1 Å². The Morgan fingerprint density at radius 1 is 1.29 bits per heavy atom. The Kier molecular flexibility index (Phi) is 4.19. The molecule has 0 saturated heterocycles. The molecule has 0 amide bonds. The quantitative estimate of drug-likeness (QED) is 0.757. The van der Waals surface area contributed by atoms with E-state index in [0.29, 0.717) is 4.68 Å². The van der Waals surface area contributed by atoms with Gasteiger partial charge in [0.1, 0.15) is 16.4 Å². The minimum Gasteiger partial charge on any atom is -0.274 e. The van der Waals surface area contributed by atoms with Gasteiger partial charge < -0.3 is 0 Å². The molecule has 0 N–H and O–H groups in total. The number of aromatic nitrogens is 3. The number of rotatable bonds is 2. The summed E-state index contributed by atoms with van der Waals surface area (Å²) in [6.45, 7) is 0. The van der Waals surface area contributed by atoms with Crippen molar-refractivity contribution in [1.82, 2.24) is 14.8 Å². The molecular formula is C11H5Cl3F3N3O. The van der Waals surface area contributed by atoms with Gasteiger partial charge in [0.15, 0.2) is 5.69 Å². The number of hydrogen-bond donors (Lipinski definition) is 0. The maximum atomic E-state index is 12.8. The van der Waals surface area contributed by atoms with Crippen LogP contribution in [0.2, 0.25) is 10.0 Å². The lowest BCUT2D eigenvalue weighted by Crippen LogP contribution is -2.12. The van der Waals surface area contributed by atoms with Gasteiger partial charge in [0.2, 0.25) is 0 Å². The fourth-order valence-corrected chi connectivity index (χ4v) is 2.43. The zero-order valence-corrected chi connectivity index (χ0v) is 12.4. The minimum absolute atomic E-state index is 0.0261. The fraction of sp³-hybridized carbons (Fsp3) is 0.182. The zero-order valence-electron chi connectivity index (χ0n) is 10.2. The molecule has 0 fully saturated rings. The number of pyridine rings is 1. The Hall–Kier alpha value is -1.31. The van der Waals surface area contributed by atoms with Gasteiger partial charge in [-0.1, -0.05) is 23.2 Å². The summed E-state index contributed by atoms with van der Waals surface area (Å²) in [5, 5.41) is 2.10. The number of carbonyl (C=O) groups excluding carboxylic acids is 1. The van der Waals surface area contributed by atoms with E-state index in [0.717, 1.165) is 7.05 Å². The lowest BCUT2D eigenvalue weighted by molar-refractivity contribution is -0.143. The van der Waals surface area contributed by atoms with Gasteiger partial charge in [0, 0.05) is 7.05 Å². The highest BCUT2D eigenvalue weighted by Gasteiger charge is 2.39. The molecule has 0 atom stereocenters. The van der Waals surface area contributed by atoms with E-state index in [1.165, 1.54) is 12.1 Å². The molecule has 0 aliphatic carbocycles. The van der Waals surface area contributed by atoms with Crippen molar-refractivity contribution in [3.05, 3.63) is 33.6 Å². The number of hydrogen-bond acceptors (Lipinski definition) is 3. The van der Waals surface area contributed by atoms with Gasteiger partial charge in [-0.15, -0.1) is 0 Å². The zero-order chi connectivity index (χ0) is 15.9. The van der Waals surface area contributed by atoms with Crippen molar-refractivity contribution in [3.8, 4) is 11.4 Å². The number of nitrogens with zero attached hydrogens (tertiary/aromatic N) is 3. The van der Waals surface area contributed by atoms with Crippen LogP contribution < -0.4 is 0 Å². The molecule has 0 spiro atoms. The monoisotopic (exact) mass is 357 g/mol. The summed E-state index contributed by atoms with van der Waals surface area (Å²) in [5.74, 6) is 0. The Labute approximate surface area is 131 Å². The predicted octanol–water partition coefficient (Wildman–Crippen LogP) is 4.19. The lowest BCUT2D eigenvalue weighted by Gasteiger charge is -2.06. The summed E-state index contributed by atoms with van der Waals surface area (Å²) in [6, 6.07) is 2.57. The van der Waals surface area contributed by atoms with Crippen LogP contribution in [-0.4, -0.2) is 20.0 Å². The molecule has 4 nitrogen and oxygen atoms in total. The smallest absolute Gasteiger partial charge is 0.274 e. The standard InChI is InChI=1S/C11H5Cl3F3N3O/c1-20-9(11(15,16)17)6(13)8(19-20)5-3-2-4(12)7(18-5)10(14)21/h2-3H,1H3. The van der Waals surface area contributed by atoms with Gasteiger partial charge in [-0.2, -0.15) is 18.3 Å². The third-order valence-electron chi connectivity index (χ3n) is 2.53. The summed E-state index contributed by atoms with van der Waals surface area (Å²) in [5.41, 5.74) is -1.66. The molecule has 2 aromatic heterocycles. The van der Waals surface area contributed by atoms with Gasteiger partial charge in [0.25, 0.3) is 5.24 Å². The van der Waals surface area contributed by atoms with E-state index in [1.54, 1.807) is 0 Å². The van der Waals surface area contributed by atoms with Gasteiger partial charge in [-0.05, 0) is 23.7 Å². The van der Waals surface area contributed by atoms with Crippen LogP contribution in [0.3, 0.4) is 0 Å². The molecule has 0 radical (unpaired) electrons. The average Bonchev–Trinajstić information content (AvgIpc) is 2.64. The first-order chi connectivity index (χ1) is 9.62. The normalized spacial score (nSPS) is 11.8. The summed E-state index contributed by atoms with van der Waals surface area (Å²) >= 11 is 16.7. The molecule has 112 valence electrons. The summed E-state index contributed by atoms with van der Waals surface area (Å²) in [7, 11) is 1.10. The largest absolute Gasteiger partial charge is 0.434 e. The summed E-state index contributed by atoms with van der Waals surface area (Å²) < 4.78 is 39.1. The topological polar surface area (TPSA) is 47.8 Å². The molecule has 0 aliphatic rings. The highest BCUT2D eigenvalue weighted by atomic mass is 35.5. The first-order valence-corrected chi connectivity index (χ1v) is 6.42. The van der Waals surface area contributed by atoms with Crippen LogP contribution in [0.5, 0.6) is 0 Å². The number of alkyl halides is 3. The molecule has 10 heteroatoms. The Bertz CT molecular complexity index is 727. The first kappa shape index (κ1) is 16.1. The van der Waals surface area contributed by atoms with Gasteiger partial charge >= 0.3 is 6.18 Å². The molecule has 0 aromatic carbocycles. The van der Waals surface area contributed by atoms with Crippen molar-refractivity contribution in [2.24, 2.45) is 7.05 Å². The second kappa shape index (κ2) is 5.47. The molecule has 2 aromatic rings. The van der Waals surface area contributed by atoms with Crippen LogP contribution in [0.15, 0.2) is 12.1 Å².